The molecule has 0 radical (unpaired) electrons. The van der Waals surface area contributed by atoms with Gasteiger partial charge in [-0.3, -0.25) is 0 Å². The Kier molecular flexibility index (Phi) is 6.36. The molecular formula is C20H26O2. The highest BCUT2D eigenvalue weighted by Crippen LogP contribution is 2.37. The summed E-state index contributed by atoms with van der Waals surface area (Å²) < 4.78 is 0. The lowest BCUT2D eigenvalue weighted by atomic mass is 9.75. The number of carboxylic acids is 1. The van der Waals surface area contributed by atoms with E-state index in [-0.39, 0.29) is 5.41 Å². The Morgan fingerprint density at radius 3 is 2.50 bits per heavy atom. The van der Waals surface area contributed by atoms with E-state index in [1.165, 1.54) is 17.2 Å². The van der Waals surface area contributed by atoms with Crippen LogP contribution >= 0.6 is 0 Å². The van der Waals surface area contributed by atoms with Gasteiger partial charge in [0.1, 0.15) is 0 Å². The predicted octanol–water partition coefficient (Wildman–Crippen LogP) is 5.38. The van der Waals surface area contributed by atoms with Crippen LogP contribution < -0.4 is 0 Å². The summed E-state index contributed by atoms with van der Waals surface area (Å²) >= 11 is 0. The van der Waals surface area contributed by atoms with Crippen molar-refractivity contribution in [2.45, 2.75) is 41.0 Å². The third-order valence-electron chi connectivity index (χ3n) is 3.73. The summed E-state index contributed by atoms with van der Waals surface area (Å²) in [6.45, 7) is 10.5. The van der Waals surface area contributed by atoms with E-state index < -0.39 is 5.97 Å². The number of hydrogen-bond donors (Lipinski definition) is 1. The number of carbonyl (C=O) groups is 1. The van der Waals surface area contributed by atoms with E-state index in [0.717, 1.165) is 17.6 Å². The van der Waals surface area contributed by atoms with Crippen molar-refractivity contribution in [1.82, 2.24) is 0 Å². The molecule has 0 heterocycles. The minimum absolute atomic E-state index is 0.173. The summed E-state index contributed by atoms with van der Waals surface area (Å²) in [6, 6.07) is 0. The number of hydrogen-bond acceptors (Lipinski definition) is 1. The molecule has 0 saturated carbocycles. The molecule has 0 fully saturated rings. The fourth-order valence-electron chi connectivity index (χ4n) is 2.49. The maximum atomic E-state index is 10.5. The lowest BCUT2D eigenvalue weighted by Crippen LogP contribution is -2.16. The van der Waals surface area contributed by atoms with Gasteiger partial charge in [0.05, 0.1) is 0 Å². The normalized spacial score (nSPS) is 19.5. The molecule has 1 aliphatic carbocycles. The molecule has 22 heavy (non-hydrogen) atoms. The highest BCUT2D eigenvalue weighted by atomic mass is 16.4. The summed E-state index contributed by atoms with van der Waals surface area (Å²) in [7, 11) is 0. The van der Waals surface area contributed by atoms with Gasteiger partial charge in [0, 0.05) is 6.08 Å². The third kappa shape index (κ3) is 5.72. The Balaban J connectivity index is 2.82. The lowest BCUT2D eigenvalue weighted by Gasteiger charge is -2.29. The molecule has 0 aliphatic heterocycles. The van der Waals surface area contributed by atoms with Crippen molar-refractivity contribution in [3.8, 4) is 0 Å². The second kappa shape index (κ2) is 7.79. The Bertz CT molecular complexity index is 606. The van der Waals surface area contributed by atoms with Crippen LogP contribution in [-0.2, 0) is 4.79 Å². The molecule has 1 N–H and O–H groups in total. The molecule has 0 spiro atoms. The largest absolute Gasteiger partial charge is 0.478 e. The van der Waals surface area contributed by atoms with Gasteiger partial charge in [0.15, 0.2) is 0 Å². The zero-order valence-electron chi connectivity index (χ0n) is 14.2. The summed E-state index contributed by atoms with van der Waals surface area (Å²) in [5, 5.41) is 8.65. The van der Waals surface area contributed by atoms with Gasteiger partial charge in [-0.2, -0.15) is 0 Å². The number of aliphatic carboxylic acids is 1. The average molecular weight is 298 g/mol. The van der Waals surface area contributed by atoms with E-state index in [2.05, 4.69) is 45.1 Å². The van der Waals surface area contributed by atoms with Crippen molar-refractivity contribution in [3.63, 3.8) is 0 Å². The lowest BCUT2D eigenvalue weighted by molar-refractivity contribution is -0.131. The van der Waals surface area contributed by atoms with E-state index >= 15 is 0 Å². The summed E-state index contributed by atoms with van der Waals surface area (Å²) in [4.78, 5) is 10.5. The van der Waals surface area contributed by atoms with Crippen molar-refractivity contribution in [2.75, 3.05) is 0 Å². The Labute approximate surface area is 133 Å². The summed E-state index contributed by atoms with van der Waals surface area (Å²) in [5.74, 6) is -0.919. The van der Waals surface area contributed by atoms with Gasteiger partial charge >= 0.3 is 5.97 Å². The number of carboxylic acid groups (broad SMARTS) is 1. The Morgan fingerprint density at radius 2 is 1.91 bits per heavy atom. The first kappa shape index (κ1) is 18.0. The molecule has 0 bridgehead atoms. The molecule has 0 unspecified atom stereocenters. The molecule has 1 rings (SSSR count). The standard InChI is InChI=1S/C20H26O2/c1-15(8-6-9-16(2)14-19(21)22)11-12-18-17(3)10-7-13-20(18,4)5/h6-12,14H,13H2,1-5H3,(H,21,22)/b9-6+,12-11+,15-8+,16-14-. The average Bonchev–Trinajstić information content (AvgIpc) is 2.36. The molecule has 0 aromatic heterocycles. The van der Waals surface area contributed by atoms with Crippen LogP contribution in [0.15, 0.2) is 70.9 Å². The zero-order valence-corrected chi connectivity index (χ0v) is 14.2. The molecule has 0 aromatic carbocycles. The Morgan fingerprint density at radius 1 is 1.23 bits per heavy atom. The first-order chi connectivity index (χ1) is 10.2. The minimum atomic E-state index is -0.919. The van der Waals surface area contributed by atoms with Crippen molar-refractivity contribution in [1.29, 1.82) is 0 Å². The van der Waals surface area contributed by atoms with Crippen LogP contribution in [0, 0.1) is 5.41 Å². The topological polar surface area (TPSA) is 37.3 Å². The van der Waals surface area contributed by atoms with Gasteiger partial charge < -0.3 is 5.11 Å². The van der Waals surface area contributed by atoms with Gasteiger partial charge in [-0.25, -0.2) is 4.79 Å². The minimum Gasteiger partial charge on any atom is -0.478 e. The highest BCUT2D eigenvalue weighted by molar-refractivity contribution is 5.81. The van der Waals surface area contributed by atoms with Gasteiger partial charge in [-0.05, 0) is 49.3 Å². The monoisotopic (exact) mass is 298 g/mol. The third-order valence-corrected chi connectivity index (χ3v) is 3.73. The van der Waals surface area contributed by atoms with E-state index in [1.807, 2.05) is 19.1 Å². The van der Waals surface area contributed by atoms with Crippen LogP contribution in [0.3, 0.4) is 0 Å². The first-order valence-corrected chi connectivity index (χ1v) is 7.54. The molecule has 2 heteroatoms. The highest BCUT2D eigenvalue weighted by Gasteiger charge is 2.23. The summed E-state index contributed by atoms with van der Waals surface area (Å²) in [6.07, 6.45) is 16.6. The Hall–Kier alpha value is -2.09. The van der Waals surface area contributed by atoms with Crippen LogP contribution in [-0.4, -0.2) is 11.1 Å². The predicted molar refractivity (Wildman–Crippen MR) is 93.7 cm³/mol. The number of allylic oxidation sites excluding steroid dienone is 11. The van der Waals surface area contributed by atoms with E-state index in [0.29, 0.717) is 0 Å². The van der Waals surface area contributed by atoms with Gasteiger partial charge in [-0.1, -0.05) is 62.0 Å². The first-order valence-electron chi connectivity index (χ1n) is 7.54. The number of rotatable bonds is 5. The van der Waals surface area contributed by atoms with E-state index in [4.69, 9.17) is 5.11 Å². The van der Waals surface area contributed by atoms with Crippen LogP contribution in [0.4, 0.5) is 0 Å². The molecule has 2 nitrogen and oxygen atoms in total. The summed E-state index contributed by atoms with van der Waals surface area (Å²) in [5.41, 5.74) is 4.71. The van der Waals surface area contributed by atoms with Crippen LogP contribution in [0.5, 0.6) is 0 Å². The quantitative estimate of drug-likeness (QED) is 0.546. The molecule has 0 atom stereocenters. The van der Waals surface area contributed by atoms with Gasteiger partial charge in [0.2, 0.25) is 0 Å². The van der Waals surface area contributed by atoms with Crippen molar-refractivity contribution >= 4 is 5.97 Å². The zero-order chi connectivity index (χ0) is 16.8. The van der Waals surface area contributed by atoms with E-state index in [1.54, 1.807) is 13.0 Å². The van der Waals surface area contributed by atoms with Gasteiger partial charge in [0.25, 0.3) is 0 Å². The molecule has 1 aliphatic rings. The molecule has 0 amide bonds. The molecule has 0 aromatic rings. The second-order valence-corrected chi connectivity index (χ2v) is 6.42. The molecule has 0 saturated heterocycles. The van der Waals surface area contributed by atoms with Gasteiger partial charge in [-0.15, -0.1) is 0 Å². The van der Waals surface area contributed by atoms with Crippen LogP contribution in [0.2, 0.25) is 0 Å². The second-order valence-electron chi connectivity index (χ2n) is 6.42. The maximum absolute atomic E-state index is 10.5. The van der Waals surface area contributed by atoms with Crippen molar-refractivity contribution < 1.29 is 9.90 Å². The van der Waals surface area contributed by atoms with Crippen molar-refractivity contribution in [2.24, 2.45) is 5.41 Å². The molecular weight excluding hydrogens is 272 g/mol. The van der Waals surface area contributed by atoms with Crippen LogP contribution in [0.25, 0.3) is 0 Å². The fourth-order valence-corrected chi connectivity index (χ4v) is 2.49. The van der Waals surface area contributed by atoms with Crippen LogP contribution in [0.1, 0.15) is 41.0 Å². The SMILES string of the molecule is CC1=C(/C=C/C(C)=C/C=C/C(C)=C\C(=O)O)C(C)(C)CC=C1. The maximum Gasteiger partial charge on any atom is 0.328 e. The smallest absolute Gasteiger partial charge is 0.328 e. The van der Waals surface area contributed by atoms with Crippen molar-refractivity contribution in [3.05, 3.63) is 70.9 Å². The molecule has 118 valence electrons. The van der Waals surface area contributed by atoms with E-state index in [9.17, 15) is 4.79 Å². The fraction of sp³-hybridized carbons (Fsp3) is 0.350.